The minimum absolute atomic E-state index is 0.252. The van der Waals surface area contributed by atoms with Gasteiger partial charge in [-0.25, -0.2) is 0 Å². The lowest BCUT2D eigenvalue weighted by molar-refractivity contribution is 0.279. The molecule has 1 aliphatic carbocycles. The molecule has 0 heterocycles. The number of ether oxygens (including phenoxy) is 2. The maximum absolute atomic E-state index is 11.1. The lowest BCUT2D eigenvalue weighted by Gasteiger charge is -2.33. The maximum atomic E-state index is 11.1. The van der Waals surface area contributed by atoms with Gasteiger partial charge in [0.05, 0.1) is 14.2 Å². The van der Waals surface area contributed by atoms with Gasteiger partial charge in [0.1, 0.15) is 23.0 Å². The third kappa shape index (κ3) is 5.93. The monoisotopic (exact) mass is 538 g/mol. The molecule has 0 aliphatic heterocycles. The fourth-order valence-electron chi connectivity index (χ4n) is 5.74. The molecule has 4 N–H and O–H groups in total. The number of phenolic OH excluding ortho intramolecular Hbond substituents is 2. The Balaban J connectivity index is 1.28. The number of hydrogen-bond acceptors (Lipinski definition) is 6. The standard InChI is InChI=1S/C34H38N2O4/c1-39-31-19-7-3-13-25(31)27-15-9-11-23(33(27)37)21-35-29-17-5-6-18-30(29)36-22-24-12-10-16-28(34(24)38)26-14-4-8-20-32(26)40-2/h3-4,7-16,19-20,29-30,35-38H,5-6,17-18,21-22H2,1-2H3/t29-,30-/m1/s1. The van der Waals surface area contributed by atoms with Gasteiger partial charge in [-0.15, -0.1) is 0 Å². The van der Waals surface area contributed by atoms with Gasteiger partial charge in [-0.3, -0.25) is 0 Å². The van der Waals surface area contributed by atoms with E-state index in [9.17, 15) is 10.2 Å². The minimum Gasteiger partial charge on any atom is -0.507 e. The third-order valence-corrected chi connectivity index (χ3v) is 7.91. The van der Waals surface area contributed by atoms with E-state index in [2.05, 4.69) is 10.6 Å². The molecule has 1 fully saturated rings. The molecule has 0 spiro atoms. The van der Waals surface area contributed by atoms with Crippen LogP contribution in [0.25, 0.3) is 22.3 Å². The van der Waals surface area contributed by atoms with E-state index in [1.54, 1.807) is 14.2 Å². The summed E-state index contributed by atoms with van der Waals surface area (Å²) in [5.74, 6) is 2.02. The Labute approximate surface area is 236 Å². The number of para-hydroxylation sites is 4. The molecule has 0 aromatic heterocycles. The van der Waals surface area contributed by atoms with Crippen molar-refractivity contribution in [3.8, 4) is 45.3 Å². The van der Waals surface area contributed by atoms with Crippen LogP contribution in [0.15, 0.2) is 84.9 Å². The van der Waals surface area contributed by atoms with Crippen LogP contribution >= 0.6 is 0 Å². The van der Waals surface area contributed by atoms with Crippen molar-refractivity contribution in [3.63, 3.8) is 0 Å². The molecule has 0 radical (unpaired) electrons. The Morgan fingerprint density at radius 2 is 0.975 bits per heavy atom. The predicted molar refractivity (Wildman–Crippen MR) is 160 cm³/mol. The largest absolute Gasteiger partial charge is 0.507 e. The highest BCUT2D eigenvalue weighted by Crippen LogP contribution is 2.39. The summed E-state index contributed by atoms with van der Waals surface area (Å²) in [4.78, 5) is 0. The van der Waals surface area contributed by atoms with Crippen molar-refractivity contribution < 1.29 is 19.7 Å². The maximum Gasteiger partial charge on any atom is 0.128 e. The second kappa shape index (κ2) is 12.9. The van der Waals surface area contributed by atoms with Crippen molar-refractivity contribution in [2.75, 3.05) is 14.2 Å². The van der Waals surface area contributed by atoms with Crippen LogP contribution in [0.3, 0.4) is 0 Å². The van der Waals surface area contributed by atoms with Gasteiger partial charge in [0.15, 0.2) is 0 Å². The van der Waals surface area contributed by atoms with E-state index >= 15 is 0 Å². The SMILES string of the molecule is COc1ccccc1-c1cccc(CN[C@@H]2CCCC[C@H]2NCc2cccc(-c3ccccc3OC)c2O)c1O. The topological polar surface area (TPSA) is 83.0 Å². The van der Waals surface area contributed by atoms with E-state index in [4.69, 9.17) is 9.47 Å². The quantitative estimate of drug-likeness (QED) is 0.181. The number of benzene rings is 4. The molecule has 0 saturated heterocycles. The van der Waals surface area contributed by atoms with Gasteiger partial charge in [0.25, 0.3) is 0 Å². The van der Waals surface area contributed by atoms with Crippen molar-refractivity contribution in [1.29, 1.82) is 0 Å². The Hall–Kier alpha value is -4.00. The highest BCUT2D eigenvalue weighted by Gasteiger charge is 2.25. The summed E-state index contributed by atoms with van der Waals surface area (Å²) in [6.07, 6.45) is 4.44. The first-order chi connectivity index (χ1) is 19.6. The number of phenols is 2. The molecule has 6 nitrogen and oxygen atoms in total. The average molecular weight is 539 g/mol. The number of hydrogen-bond donors (Lipinski definition) is 4. The number of rotatable bonds is 10. The first-order valence-electron chi connectivity index (χ1n) is 14.0. The molecule has 4 aromatic carbocycles. The van der Waals surface area contributed by atoms with Gasteiger partial charge in [0.2, 0.25) is 0 Å². The second-order valence-electron chi connectivity index (χ2n) is 10.3. The van der Waals surface area contributed by atoms with Gasteiger partial charge in [0, 0.05) is 58.6 Å². The summed E-state index contributed by atoms with van der Waals surface area (Å²) in [6.45, 7) is 1.12. The van der Waals surface area contributed by atoms with Crippen LogP contribution in [-0.2, 0) is 13.1 Å². The van der Waals surface area contributed by atoms with Gasteiger partial charge in [-0.05, 0) is 25.0 Å². The van der Waals surface area contributed by atoms with Crippen molar-refractivity contribution in [1.82, 2.24) is 10.6 Å². The van der Waals surface area contributed by atoms with Crippen molar-refractivity contribution in [3.05, 3.63) is 96.1 Å². The van der Waals surface area contributed by atoms with Gasteiger partial charge < -0.3 is 30.3 Å². The predicted octanol–water partition coefficient (Wildman–Crippen LogP) is 6.64. The molecular formula is C34H38N2O4. The normalized spacial score (nSPS) is 16.9. The molecule has 40 heavy (non-hydrogen) atoms. The molecule has 0 bridgehead atoms. The zero-order chi connectivity index (χ0) is 27.9. The van der Waals surface area contributed by atoms with Gasteiger partial charge in [-0.1, -0.05) is 85.6 Å². The van der Waals surface area contributed by atoms with Crippen LogP contribution in [0.5, 0.6) is 23.0 Å². The molecule has 6 heteroatoms. The number of aromatic hydroxyl groups is 2. The van der Waals surface area contributed by atoms with E-state index < -0.39 is 0 Å². The van der Waals surface area contributed by atoms with E-state index in [0.29, 0.717) is 13.1 Å². The zero-order valence-electron chi connectivity index (χ0n) is 23.2. The van der Waals surface area contributed by atoms with Gasteiger partial charge >= 0.3 is 0 Å². The Kier molecular flexibility index (Phi) is 8.89. The molecule has 4 aromatic rings. The van der Waals surface area contributed by atoms with Crippen LogP contribution in [0.1, 0.15) is 36.8 Å². The van der Waals surface area contributed by atoms with E-state index in [-0.39, 0.29) is 23.6 Å². The highest BCUT2D eigenvalue weighted by molar-refractivity contribution is 5.77. The molecular weight excluding hydrogens is 500 g/mol. The van der Waals surface area contributed by atoms with Crippen LogP contribution in [0, 0.1) is 0 Å². The van der Waals surface area contributed by atoms with E-state index in [1.165, 1.54) is 0 Å². The summed E-state index contributed by atoms with van der Waals surface area (Å²) in [5, 5.41) is 29.7. The molecule has 2 atom stereocenters. The summed E-state index contributed by atoms with van der Waals surface area (Å²) >= 11 is 0. The van der Waals surface area contributed by atoms with Crippen LogP contribution in [0.4, 0.5) is 0 Å². The van der Waals surface area contributed by atoms with Crippen LogP contribution in [0.2, 0.25) is 0 Å². The fraction of sp³-hybridized carbons (Fsp3) is 0.294. The lowest BCUT2D eigenvalue weighted by Crippen LogP contribution is -2.49. The number of methoxy groups -OCH3 is 2. The fourth-order valence-corrected chi connectivity index (χ4v) is 5.74. The molecule has 5 rings (SSSR count). The van der Waals surface area contributed by atoms with Crippen molar-refractivity contribution >= 4 is 0 Å². The smallest absolute Gasteiger partial charge is 0.128 e. The first-order valence-corrected chi connectivity index (χ1v) is 14.0. The van der Waals surface area contributed by atoms with Crippen LogP contribution in [-0.4, -0.2) is 36.5 Å². The summed E-state index contributed by atoms with van der Waals surface area (Å²) in [6, 6.07) is 27.7. The van der Waals surface area contributed by atoms with Crippen molar-refractivity contribution in [2.24, 2.45) is 0 Å². The highest BCUT2D eigenvalue weighted by atomic mass is 16.5. The first kappa shape index (κ1) is 27.6. The molecule has 0 amide bonds. The summed E-state index contributed by atoms with van der Waals surface area (Å²) < 4.78 is 11.0. The summed E-state index contributed by atoms with van der Waals surface area (Å²) in [5.41, 5.74) is 4.99. The van der Waals surface area contributed by atoms with E-state index in [1.807, 2.05) is 84.9 Å². The van der Waals surface area contributed by atoms with E-state index in [0.717, 1.165) is 70.6 Å². The molecule has 1 aliphatic rings. The average Bonchev–Trinajstić information content (AvgIpc) is 3.00. The third-order valence-electron chi connectivity index (χ3n) is 7.91. The Morgan fingerprint density at radius 3 is 1.40 bits per heavy atom. The second-order valence-corrected chi connectivity index (χ2v) is 10.3. The van der Waals surface area contributed by atoms with Crippen molar-refractivity contribution in [2.45, 2.75) is 50.9 Å². The minimum atomic E-state index is 0.252. The van der Waals surface area contributed by atoms with Gasteiger partial charge in [-0.2, -0.15) is 0 Å². The zero-order valence-corrected chi connectivity index (χ0v) is 23.2. The van der Waals surface area contributed by atoms with Crippen LogP contribution < -0.4 is 20.1 Å². The molecule has 208 valence electrons. The Morgan fingerprint density at radius 1 is 0.575 bits per heavy atom. The summed E-state index contributed by atoms with van der Waals surface area (Å²) in [7, 11) is 3.29. The Bertz CT molecular complexity index is 1330. The molecule has 1 saturated carbocycles. The molecule has 0 unspecified atom stereocenters. The lowest BCUT2D eigenvalue weighted by atomic mass is 9.89. The number of nitrogens with one attached hydrogen (secondary N) is 2.